The molecule has 2 aromatic carbocycles. The van der Waals surface area contributed by atoms with E-state index < -0.39 is 15.4 Å². The van der Waals surface area contributed by atoms with E-state index in [4.69, 9.17) is 9.47 Å². The van der Waals surface area contributed by atoms with E-state index in [0.29, 0.717) is 18.1 Å². The summed E-state index contributed by atoms with van der Waals surface area (Å²) in [5.74, 6) is 0.951. The lowest BCUT2D eigenvalue weighted by molar-refractivity contribution is 0.0655. The number of fused-ring (bicyclic) bond motifs is 1. The molecule has 0 amide bonds. The number of ether oxygens (including phenoxy) is 2. The second kappa shape index (κ2) is 6.19. The van der Waals surface area contributed by atoms with Crippen LogP contribution in [0.15, 0.2) is 47.4 Å². The maximum Gasteiger partial charge on any atom is 0.175 e. The van der Waals surface area contributed by atoms with Crippen molar-refractivity contribution in [3.63, 3.8) is 0 Å². The van der Waals surface area contributed by atoms with E-state index in [2.05, 4.69) is 39.8 Å². The minimum atomic E-state index is -3.22. The Morgan fingerprint density at radius 2 is 1.57 bits per heavy atom. The highest BCUT2D eigenvalue weighted by atomic mass is 32.2. The predicted octanol–water partition coefficient (Wildman–Crippen LogP) is 4.48. The first-order valence-corrected chi connectivity index (χ1v) is 11.3. The van der Waals surface area contributed by atoms with Gasteiger partial charge in [0.25, 0.3) is 0 Å². The fraction of sp³-hybridized carbons (Fsp3) is 0.391. The molecule has 28 heavy (non-hydrogen) atoms. The van der Waals surface area contributed by atoms with Crippen LogP contribution in [0.5, 0.6) is 5.75 Å². The van der Waals surface area contributed by atoms with Crippen molar-refractivity contribution in [1.82, 2.24) is 0 Å². The van der Waals surface area contributed by atoms with Crippen LogP contribution in [-0.4, -0.2) is 33.5 Å². The molecule has 0 atom stereocenters. The van der Waals surface area contributed by atoms with Gasteiger partial charge in [0.05, 0.1) is 23.7 Å². The lowest BCUT2D eigenvalue weighted by Crippen LogP contribution is -2.21. The van der Waals surface area contributed by atoms with Crippen molar-refractivity contribution >= 4 is 21.0 Å². The van der Waals surface area contributed by atoms with E-state index in [1.54, 1.807) is 12.1 Å². The molecule has 2 heterocycles. The molecule has 148 valence electrons. The summed E-state index contributed by atoms with van der Waals surface area (Å²) in [6.07, 6.45) is 1.23. The van der Waals surface area contributed by atoms with Crippen molar-refractivity contribution in [1.29, 1.82) is 0 Å². The highest BCUT2D eigenvalue weighted by Crippen LogP contribution is 2.45. The maximum absolute atomic E-state index is 11.8. The summed E-state index contributed by atoms with van der Waals surface area (Å²) in [6, 6.07) is 13.4. The number of hydrogen-bond donors (Lipinski definition) is 0. The van der Waals surface area contributed by atoms with Crippen LogP contribution in [0, 0.1) is 0 Å². The van der Waals surface area contributed by atoms with Gasteiger partial charge in [-0.3, -0.25) is 0 Å². The summed E-state index contributed by atoms with van der Waals surface area (Å²) in [4.78, 5) is 0.326. The number of hydrogen-bond acceptors (Lipinski definition) is 4. The first-order valence-electron chi connectivity index (χ1n) is 9.45. The van der Waals surface area contributed by atoms with Crippen molar-refractivity contribution < 1.29 is 17.9 Å². The summed E-state index contributed by atoms with van der Waals surface area (Å²) < 4.78 is 35.5. The molecule has 0 aromatic heterocycles. The average Bonchev–Trinajstić information content (AvgIpc) is 3.10. The SMILES string of the molecule is CC1(C)OCC(c2ccc3c(c2)C(C)(C)CO3)=C1c1ccc(S(C)(=O)=O)cc1. The first kappa shape index (κ1) is 19.2. The Bertz CT molecular complexity index is 1070. The van der Waals surface area contributed by atoms with Crippen molar-refractivity contribution in [2.45, 2.75) is 43.6 Å². The molecular weight excluding hydrogens is 372 g/mol. The highest BCUT2D eigenvalue weighted by Gasteiger charge is 2.37. The van der Waals surface area contributed by atoms with E-state index in [0.717, 1.165) is 28.0 Å². The van der Waals surface area contributed by atoms with Gasteiger partial charge < -0.3 is 9.47 Å². The van der Waals surface area contributed by atoms with Crippen LogP contribution in [0.4, 0.5) is 0 Å². The van der Waals surface area contributed by atoms with Crippen LogP contribution in [0.25, 0.3) is 11.1 Å². The Kier molecular flexibility index (Phi) is 4.25. The maximum atomic E-state index is 11.8. The van der Waals surface area contributed by atoms with Gasteiger partial charge in [0, 0.05) is 17.2 Å². The van der Waals surface area contributed by atoms with E-state index in [1.165, 1.54) is 11.8 Å². The van der Waals surface area contributed by atoms with Crippen LogP contribution >= 0.6 is 0 Å². The number of rotatable bonds is 3. The zero-order chi connectivity index (χ0) is 20.3. The summed E-state index contributed by atoms with van der Waals surface area (Å²) in [5.41, 5.74) is 5.11. The van der Waals surface area contributed by atoms with Crippen LogP contribution in [0.3, 0.4) is 0 Å². The lowest BCUT2D eigenvalue weighted by Gasteiger charge is -2.23. The minimum Gasteiger partial charge on any atom is -0.492 e. The molecule has 0 bridgehead atoms. The molecule has 0 fully saturated rings. The molecule has 0 unspecified atom stereocenters. The van der Waals surface area contributed by atoms with Gasteiger partial charge in [-0.25, -0.2) is 8.42 Å². The molecule has 0 spiro atoms. The molecule has 2 aliphatic heterocycles. The van der Waals surface area contributed by atoms with Gasteiger partial charge in [-0.15, -0.1) is 0 Å². The molecule has 0 aliphatic carbocycles. The normalized spacial score (nSPS) is 20.2. The number of sulfone groups is 1. The van der Waals surface area contributed by atoms with Gasteiger partial charge in [0.2, 0.25) is 0 Å². The van der Waals surface area contributed by atoms with E-state index in [1.807, 2.05) is 18.2 Å². The summed E-state index contributed by atoms with van der Waals surface area (Å²) in [7, 11) is -3.22. The zero-order valence-corrected chi connectivity index (χ0v) is 17.8. The van der Waals surface area contributed by atoms with Gasteiger partial charge in [-0.1, -0.05) is 32.0 Å². The van der Waals surface area contributed by atoms with Crippen LogP contribution in [0.1, 0.15) is 44.4 Å². The molecule has 4 nitrogen and oxygen atoms in total. The summed E-state index contributed by atoms with van der Waals surface area (Å²) >= 11 is 0. The molecule has 4 rings (SSSR count). The Labute approximate surface area is 167 Å². The van der Waals surface area contributed by atoms with E-state index in [-0.39, 0.29) is 5.41 Å². The van der Waals surface area contributed by atoms with E-state index in [9.17, 15) is 8.42 Å². The van der Waals surface area contributed by atoms with Crippen LogP contribution < -0.4 is 4.74 Å². The van der Waals surface area contributed by atoms with E-state index >= 15 is 0 Å². The largest absolute Gasteiger partial charge is 0.492 e. The fourth-order valence-electron chi connectivity index (χ4n) is 4.09. The lowest BCUT2D eigenvalue weighted by atomic mass is 9.83. The van der Waals surface area contributed by atoms with Gasteiger partial charge in [0.1, 0.15) is 5.75 Å². The van der Waals surface area contributed by atoms with Crippen molar-refractivity contribution in [3.8, 4) is 5.75 Å². The highest BCUT2D eigenvalue weighted by molar-refractivity contribution is 7.90. The van der Waals surface area contributed by atoms with Gasteiger partial charge in [0.15, 0.2) is 9.84 Å². The Hall–Kier alpha value is -2.11. The Morgan fingerprint density at radius 3 is 2.21 bits per heavy atom. The molecule has 2 aromatic rings. The molecule has 2 aliphatic rings. The third-order valence-electron chi connectivity index (χ3n) is 5.70. The zero-order valence-electron chi connectivity index (χ0n) is 17.0. The Morgan fingerprint density at radius 1 is 0.929 bits per heavy atom. The van der Waals surface area contributed by atoms with Crippen LogP contribution in [-0.2, 0) is 20.0 Å². The van der Waals surface area contributed by atoms with Gasteiger partial charge in [-0.05, 0) is 60.4 Å². The summed E-state index contributed by atoms with van der Waals surface area (Å²) in [5, 5.41) is 0. The number of benzene rings is 2. The Balaban J connectivity index is 1.85. The van der Waals surface area contributed by atoms with Crippen molar-refractivity contribution in [2.24, 2.45) is 0 Å². The molecule has 5 heteroatoms. The smallest absolute Gasteiger partial charge is 0.175 e. The minimum absolute atomic E-state index is 0.0157. The van der Waals surface area contributed by atoms with Gasteiger partial charge >= 0.3 is 0 Å². The third-order valence-corrected chi connectivity index (χ3v) is 6.83. The molecule has 0 N–H and O–H groups in total. The van der Waals surface area contributed by atoms with Crippen LogP contribution in [0.2, 0.25) is 0 Å². The second-order valence-corrected chi connectivity index (χ2v) is 10.8. The molecule has 0 radical (unpaired) electrons. The second-order valence-electron chi connectivity index (χ2n) is 8.83. The topological polar surface area (TPSA) is 52.6 Å². The van der Waals surface area contributed by atoms with Crippen molar-refractivity contribution in [2.75, 3.05) is 19.5 Å². The molecular formula is C23H26O4S. The molecule has 0 saturated heterocycles. The third kappa shape index (κ3) is 3.16. The molecule has 0 saturated carbocycles. The first-order chi connectivity index (χ1) is 13.0. The van der Waals surface area contributed by atoms with Gasteiger partial charge in [-0.2, -0.15) is 0 Å². The summed E-state index contributed by atoms with van der Waals surface area (Å²) in [6.45, 7) is 9.71. The standard InChI is InChI=1S/C23H26O4S/c1-22(2)14-26-20-11-8-16(12-19(20)22)18-13-27-23(3,4)21(18)15-6-9-17(10-7-15)28(5,24)25/h6-12H,13-14H2,1-5H3. The monoisotopic (exact) mass is 398 g/mol. The average molecular weight is 399 g/mol. The quantitative estimate of drug-likeness (QED) is 0.765. The predicted molar refractivity (Wildman–Crippen MR) is 111 cm³/mol. The van der Waals surface area contributed by atoms with Crippen molar-refractivity contribution in [3.05, 3.63) is 59.2 Å². The fourth-order valence-corrected chi connectivity index (χ4v) is 4.72.